The van der Waals surface area contributed by atoms with Crippen LogP contribution in [0.5, 0.6) is 0 Å². The zero-order valence-corrected chi connectivity index (χ0v) is 7.82. The fourth-order valence-electron chi connectivity index (χ4n) is 1.62. The minimum atomic E-state index is 0.207. The van der Waals surface area contributed by atoms with E-state index < -0.39 is 0 Å². The largest absolute Gasteiger partial charge is 0.246 e. The third-order valence-electron chi connectivity index (χ3n) is 2.23. The summed E-state index contributed by atoms with van der Waals surface area (Å²) in [5.74, 6) is 0.207. The molecule has 1 heterocycles. The molecule has 0 saturated carbocycles. The molecule has 0 fully saturated rings. The monoisotopic (exact) mass is 178 g/mol. The number of thiazole rings is 1. The van der Waals surface area contributed by atoms with Crippen LogP contribution in [0.15, 0.2) is 0 Å². The number of rotatable bonds is 0. The molecule has 0 spiro atoms. The highest BCUT2D eigenvalue weighted by molar-refractivity contribution is 7.11. The standard InChI is InChI=1S/C9H10N2S/c1-6-11-8-4-7(5-10)2-3-9(8)12-6/h7H,2-4H2,1H3. The molecule has 1 aliphatic carbocycles. The second kappa shape index (κ2) is 2.87. The number of nitrogens with zero attached hydrogens (tertiary/aromatic N) is 2. The van der Waals surface area contributed by atoms with E-state index in [2.05, 4.69) is 11.1 Å². The summed E-state index contributed by atoms with van der Waals surface area (Å²) >= 11 is 1.78. The molecule has 1 aromatic heterocycles. The Bertz CT molecular complexity index is 335. The van der Waals surface area contributed by atoms with Crippen molar-refractivity contribution in [3.8, 4) is 6.07 Å². The third-order valence-corrected chi connectivity index (χ3v) is 3.30. The molecule has 0 saturated heterocycles. The molecule has 0 N–H and O–H groups in total. The van der Waals surface area contributed by atoms with Crippen molar-refractivity contribution < 1.29 is 0 Å². The zero-order valence-electron chi connectivity index (χ0n) is 7.00. The number of fused-ring (bicyclic) bond motifs is 1. The number of aryl methyl sites for hydroxylation is 2. The van der Waals surface area contributed by atoms with Gasteiger partial charge in [-0.05, 0) is 19.8 Å². The van der Waals surface area contributed by atoms with Gasteiger partial charge in [0.1, 0.15) is 0 Å². The van der Waals surface area contributed by atoms with Crippen LogP contribution in [0.25, 0.3) is 0 Å². The molecular formula is C9H10N2S. The summed E-state index contributed by atoms with van der Waals surface area (Å²) in [6.45, 7) is 2.03. The van der Waals surface area contributed by atoms with Crippen molar-refractivity contribution in [2.24, 2.45) is 5.92 Å². The van der Waals surface area contributed by atoms with Crippen LogP contribution in [0.3, 0.4) is 0 Å². The molecule has 12 heavy (non-hydrogen) atoms. The molecule has 3 heteroatoms. The van der Waals surface area contributed by atoms with E-state index in [0.29, 0.717) is 0 Å². The van der Waals surface area contributed by atoms with Crippen molar-refractivity contribution in [1.29, 1.82) is 5.26 Å². The average molecular weight is 178 g/mol. The van der Waals surface area contributed by atoms with Gasteiger partial charge in [-0.3, -0.25) is 0 Å². The minimum Gasteiger partial charge on any atom is -0.246 e. The molecule has 2 rings (SSSR count). The molecule has 0 radical (unpaired) electrons. The Kier molecular flexibility index (Phi) is 1.86. The maximum atomic E-state index is 8.75. The predicted octanol–water partition coefficient (Wildman–Crippen LogP) is 2.08. The Morgan fingerprint density at radius 2 is 2.50 bits per heavy atom. The zero-order chi connectivity index (χ0) is 8.55. The summed E-state index contributed by atoms with van der Waals surface area (Å²) in [7, 11) is 0. The SMILES string of the molecule is Cc1nc2c(s1)CCC(C#N)C2. The van der Waals surface area contributed by atoms with E-state index in [9.17, 15) is 0 Å². The van der Waals surface area contributed by atoms with E-state index in [4.69, 9.17) is 5.26 Å². The van der Waals surface area contributed by atoms with Crippen LogP contribution in [0, 0.1) is 24.2 Å². The van der Waals surface area contributed by atoms with Gasteiger partial charge in [0.25, 0.3) is 0 Å². The van der Waals surface area contributed by atoms with Crippen molar-refractivity contribution in [3.05, 3.63) is 15.6 Å². The quantitative estimate of drug-likeness (QED) is 0.610. The fourth-order valence-corrected chi connectivity index (χ4v) is 2.60. The second-order valence-electron chi connectivity index (χ2n) is 3.17. The van der Waals surface area contributed by atoms with Gasteiger partial charge in [0, 0.05) is 11.3 Å². The van der Waals surface area contributed by atoms with E-state index in [-0.39, 0.29) is 5.92 Å². The van der Waals surface area contributed by atoms with E-state index in [1.54, 1.807) is 11.3 Å². The summed E-state index contributed by atoms with van der Waals surface area (Å²) in [6, 6.07) is 2.32. The van der Waals surface area contributed by atoms with Gasteiger partial charge < -0.3 is 0 Å². The van der Waals surface area contributed by atoms with E-state index in [0.717, 1.165) is 24.3 Å². The molecule has 1 aromatic rings. The lowest BCUT2D eigenvalue weighted by Gasteiger charge is -2.13. The first-order valence-electron chi connectivity index (χ1n) is 4.14. The van der Waals surface area contributed by atoms with Gasteiger partial charge in [-0.15, -0.1) is 11.3 Å². The average Bonchev–Trinajstić information content (AvgIpc) is 2.43. The van der Waals surface area contributed by atoms with Crippen LogP contribution in [-0.2, 0) is 12.8 Å². The summed E-state index contributed by atoms with van der Waals surface area (Å²) in [6.07, 6.45) is 2.94. The van der Waals surface area contributed by atoms with Crippen LogP contribution in [0.1, 0.15) is 22.0 Å². The molecule has 0 aromatic carbocycles. The number of nitriles is 1. The highest BCUT2D eigenvalue weighted by Crippen LogP contribution is 2.28. The lowest BCUT2D eigenvalue weighted by molar-refractivity contribution is 0.561. The van der Waals surface area contributed by atoms with Crippen LogP contribution < -0.4 is 0 Å². The fraction of sp³-hybridized carbons (Fsp3) is 0.556. The Morgan fingerprint density at radius 3 is 3.25 bits per heavy atom. The highest BCUT2D eigenvalue weighted by atomic mass is 32.1. The molecule has 1 unspecified atom stereocenters. The van der Waals surface area contributed by atoms with Gasteiger partial charge in [-0.1, -0.05) is 0 Å². The van der Waals surface area contributed by atoms with Gasteiger partial charge in [0.05, 0.1) is 22.7 Å². The van der Waals surface area contributed by atoms with Crippen molar-refractivity contribution in [2.45, 2.75) is 26.2 Å². The van der Waals surface area contributed by atoms with Crippen LogP contribution >= 0.6 is 11.3 Å². The molecule has 2 nitrogen and oxygen atoms in total. The normalized spacial score (nSPS) is 21.5. The topological polar surface area (TPSA) is 36.7 Å². The van der Waals surface area contributed by atoms with Gasteiger partial charge in [-0.2, -0.15) is 5.26 Å². The van der Waals surface area contributed by atoms with Crippen molar-refractivity contribution in [1.82, 2.24) is 4.98 Å². The summed E-state index contributed by atoms with van der Waals surface area (Å²) < 4.78 is 0. The van der Waals surface area contributed by atoms with Gasteiger partial charge in [0.15, 0.2) is 0 Å². The smallest absolute Gasteiger partial charge is 0.0900 e. The van der Waals surface area contributed by atoms with Crippen molar-refractivity contribution >= 4 is 11.3 Å². The lowest BCUT2D eigenvalue weighted by atomic mass is 9.92. The van der Waals surface area contributed by atoms with Crippen LogP contribution in [0.2, 0.25) is 0 Å². The molecular weight excluding hydrogens is 168 g/mol. The summed E-state index contributed by atoms with van der Waals surface area (Å²) in [5.41, 5.74) is 1.18. The molecule has 0 amide bonds. The second-order valence-corrected chi connectivity index (χ2v) is 4.46. The maximum Gasteiger partial charge on any atom is 0.0900 e. The summed E-state index contributed by atoms with van der Waals surface area (Å²) in [5, 5.41) is 9.89. The number of aromatic nitrogens is 1. The highest BCUT2D eigenvalue weighted by Gasteiger charge is 2.20. The molecule has 0 bridgehead atoms. The van der Waals surface area contributed by atoms with Gasteiger partial charge in [0.2, 0.25) is 0 Å². The predicted molar refractivity (Wildman–Crippen MR) is 48.0 cm³/mol. The Morgan fingerprint density at radius 1 is 1.67 bits per heavy atom. The summed E-state index contributed by atoms with van der Waals surface area (Å²) in [4.78, 5) is 5.82. The molecule has 1 aliphatic rings. The Hall–Kier alpha value is -0.880. The van der Waals surface area contributed by atoms with E-state index in [1.807, 2.05) is 6.92 Å². The Labute approximate surface area is 75.9 Å². The third kappa shape index (κ3) is 1.23. The lowest BCUT2D eigenvalue weighted by Crippen LogP contribution is -2.10. The van der Waals surface area contributed by atoms with E-state index >= 15 is 0 Å². The maximum absolute atomic E-state index is 8.75. The van der Waals surface area contributed by atoms with Crippen LogP contribution in [-0.4, -0.2) is 4.98 Å². The first-order chi connectivity index (χ1) is 5.79. The van der Waals surface area contributed by atoms with Gasteiger partial charge in [-0.25, -0.2) is 4.98 Å². The minimum absolute atomic E-state index is 0.207. The van der Waals surface area contributed by atoms with E-state index in [1.165, 1.54) is 10.6 Å². The molecule has 1 atom stereocenters. The number of hydrogen-bond donors (Lipinski definition) is 0. The van der Waals surface area contributed by atoms with Gasteiger partial charge >= 0.3 is 0 Å². The first kappa shape index (κ1) is 7.75. The number of hydrogen-bond acceptors (Lipinski definition) is 3. The Balaban J connectivity index is 2.29. The van der Waals surface area contributed by atoms with Crippen molar-refractivity contribution in [3.63, 3.8) is 0 Å². The van der Waals surface area contributed by atoms with Crippen molar-refractivity contribution in [2.75, 3.05) is 0 Å². The first-order valence-corrected chi connectivity index (χ1v) is 4.96. The molecule has 62 valence electrons. The molecule has 0 aliphatic heterocycles. The van der Waals surface area contributed by atoms with Crippen LogP contribution in [0.4, 0.5) is 0 Å².